The van der Waals surface area contributed by atoms with Gasteiger partial charge in [0.25, 0.3) is 0 Å². The Labute approximate surface area is 183 Å². The van der Waals surface area contributed by atoms with Crippen LogP contribution in [0.2, 0.25) is 0 Å². The van der Waals surface area contributed by atoms with Gasteiger partial charge in [0.05, 0.1) is 0 Å². The second-order valence-electron chi connectivity index (χ2n) is 8.16. The van der Waals surface area contributed by atoms with Crippen LogP contribution in [-0.4, -0.2) is 22.2 Å². The number of carboxylic acid groups (broad SMARTS) is 1. The third-order valence-corrected chi connectivity index (χ3v) is 5.86. The maximum Gasteiger partial charge on any atom is 0.352 e. The lowest BCUT2D eigenvalue weighted by Gasteiger charge is -2.14. The minimum atomic E-state index is -0.892. The number of carboxylic acids is 1. The molecular weight excluding hydrogens is 384 g/mol. The van der Waals surface area contributed by atoms with Crippen LogP contribution < -0.4 is 5.32 Å². The molecule has 4 nitrogen and oxygen atoms in total. The minimum absolute atomic E-state index is 0.343. The summed E-state index contributed by atoms with van der Waals surface area (Å²) in [4.78, 5) is 12.3. The van der Waals surface area contributed by atoms with E-state index in [4.69, 9.17) is 0 Å². The summed E-state index contributed by atoms with van der Waals surface area (Å²) < 4.78 is 1.93. The van der Waals surface area contributed by atoms with Crippen LogP contribution in [0.1, 0.15) is 45.6 Å². The Kier molecular flexibility index (Phi) is 6.19. The topological polar surface area (TPSA) is 54.3 Å². The van der Waals surface area contributed by atoms with Crippen LogP contribution in [0.5, 0.6) is 0 Å². The Bertz CT molecular complexity index is 1180. The first-order valence-electron chi connectivity index (χ1n) is 10.7. The Morgan fingerprint density at radius 3 is 2.35 bits per heavy atom. The van der Waals surface area contributed by atoms with Gasteiger partial charge in [-0.25, -0.2) is 4.79 Å². The Balaban J connectivity index is 1.64. The van der Waals surface area contributed by atoms with Gasteiger partial charge in [0.1, 0.15) is 5.69 Å². The number of aromatic carboxylic acids is 1. The summed E-state index contributed by atoms with van der Waals surface area (Å²) in [5.74, 6) is -0.549. The van der Waals surface area contributed by atoms with Crippen molar-refractivity contribution < 1.29 is 9.90 Å². The van der Waals surface area contributed by atoms with Crippen molar-refractivity contribution in [2.45, 2.75) is 32.9 Å². The molecule has 0 spiro atoms. The summed E-state index contributed by atoms with van der Waals surface area (Å²) in [5.41, 5.74) is 5.71. The number of rotatable bonds is 8. The van der Waals surface area contributed by atoms with Gasteiger partial charge in [-0.05, 0) is 30.0 Å². The van der Waals surface area contributed by atoms with E-state index in [-0.39, 0.29) is 0 Å². The van der Waals surface area contributed by atoms with Gasteiger partial charge in [-0.15, -0.1) is 0 Å². The van der Waals surface area contributed by atoms with Crippen molar-refractivity contribution in [2.75, 3.05) is 6.54 Å². The molecule has 0 aliphatic heterocycles. The fraction of sp³-hybridized carbons (Fsp3) is 0.222. The SMILES string of the molecule is Cc1ccc(Cn2c(C(=O)O)c(CNC[C@@H](C)c3ccccc3)c3ccccc32)cc1. The largest absolute Gasteiger partial charge is 0.477 e. The first-order valence-corrected chi connectivity index (χ1v) is 10.7. The Morgan fingerprint density at radius 2 is 1.65 bits per heavy atom. The van der Waals surface area contributed by atoms with E-state index in [1.165, 1.54) is 11.1 Å². The monoisotopic (exact) mass is 412 g/mol. The lowest BCUT2D eigenvalue weighted by molar-refractivity contribution is 0.0685. The lowest BCUT2D eigenvalue weighted by atomic mass is 10.0. The molecule has 158 valence electrons. The van der Waals surface area contributed by atoms with Crippen LogP contribution in [0, 0.1) is 6.92 Å². The molecule has 0 saturated carbocycles. The second kappa shape index (κ2) is 9.19. The Hall–Kier alpha value is -3.37. The molecule has 1 heterocycles. The number of carbonyl (C=O) groups is 1. The summed E-state index contributed by atoms with van der Waals surface area (Å²) in [6, 6.07) is 26.6. The van der Waals surface area contributed by atoms with E-state index >= 15 is 0 Å². The van der Waals surface area contributed by atoms with Gasteiger partial charge in [-0.1, -0.05) is 85.3 Å². The highest BCUT2D eigenvalue weighted by Gasteiger charge is 2.22. The fourth-order valence-corrected chi connectivity index (χ4v) is 4.15. The molecule has 3 aromatic carbocycles. The van der Waals surface area contributed by atoms with Crippen molar-refractivity contribution in [2.24, 2.45) is 0 Å². The maximum absolute atomic E-state index is 12.3. The molecule has 0 unspecified atom stereocenters. The third kappa shape index (κ3) is 4.54. The number of hydrogen-bond acceptors (Lipinski definition) is 2. The minimum Gasteiger partial charge on any atom is -0.477 e. The molecule has 0 bridgehead atoms. The van der Waals surface area contributed by atoms with Gasteiger partial charge < -0.3 is 15.0 Å². The van der Waals surface area contributed by atoms with Crippen LogP contribution in [0.25, 0.3) is 10.9 Å². The predicted octanol–water partition coefficient (Wildman–Crippen LogP) is 5.59. The van der Waals surface area contributed by atoms with Crippen LogP contribution in [0.15, 0.2) is 78.9 Å². The molecule has 0 radical (unpaired) electrons. The number of para-hydroxylation sites is 1. The van der Waals surface area contributed by atoms with Crippen molar-refractivity contribution in [3.63, 3.8) is 0 Å². The van der Waals surface area contributed by atoms with E-state index in [9.17, 15) is 9.90 Å². The molecule has 31 heavy (non-hydrogen) atoms. The molecule has 0 amide bonds. The van der Waals surface area contributed by atoms with E-state index in [2.05, 4.69) is 55.6 Å². The molecule has 1 atom stereocenters. The van der Waals surface area contributed by atoms with Gasteiger partial charge >= 0.3 is 5.97 Å². The number of benzene rings is 3. The van der Waals surface area contributed by atoms with Crippen molar-refractivity contribution in [1.29, 1.82) is 0 Å². The van der Waals surface area contributed by atoms with Crippen LogP contribution in [-0.2, 0) is 13.1 Å². The smallest absolute Gasteiger partial charge is 0.352 e. The number of hydrogen-bond donors (Lipinski definition) is 2. The first-order chi connectivity index (χ1) is 15.0. The van der Waals surface area contributed by atoms with Crippen molar-refractivity contribution in [3.05, 3.63) is 107 Å². The highest BCUT2D eigenvalue weighted by molar-refractivity contribution is 5.98. The molecule has 4 heteroatoms. The van der Waals surface area contributed by atoms with E-state index in [1.807, 2.05) is 47.0 Å². The van der Waals surface area contributed by atoms with Gasteiger partial charge in [0.2, 0.25) is 0 Å². The van der Waals surface area contributed by atoms with E-state index in [0.29, 0.717) is 24.7 Å². The average molecular weight is 413 g/mol. The molecule has 4 aromatic rings. The van der Waals surface area contributed by atoms with E-state index < -0.39 is 5.97 Å². The normalized spacial score (nSPS) is 12.2. The van der Waals surface area contributed by atoms with E-state index in [0.717, 1.165) is 28.6 Å². The molecule has 1 aromatic heterocycles. The van der Waals surface area contributed by atoms with E-state index in [1.54, 1.807) is 0 Å². The molecule has 0 aliphatic rings. The van der Waals surface area contributed by atoms with Crippen molar-refractivity contribution >= 4 is 16.9 Å². The molecular formula is C27H28N2O2. The van der Waals surface area contributed by atoms with Gasteiger partial charge in [0, 0.05) is 36.1 Å². The summed E-state index contributed by atoms with van der Waals surface area (Å²) in [6.07, 6.45) is 0. The summed E-state index contributed by atoms with van der Waals surface area (Å²) in [7, 11) is 0. The van der Waals surface area contributed by atoms with Crippen LogP contribution in [0.3, 0.4) is 0 Å². The van der Waals surface area contributed by atoms with Gasteiger partial charge in [-0.2, -0.15) is 0 Å². The fourth-order valence-electron chi connectivity index (χ4n) is 4.15. The molecule has 2 N–H and O–H groups in total. The third-order valence-electron chi connectivity index (χ3n) is 5.86. The number of nitrogens with one attached hydrogen (secondary N) is 1. The Morgan fingerprint density at radius 1 is 0.968 bits per heavy atom. The number of aromatic nitrogens is 1. The molecule has 0 saturated heterocycles. The van der Waals surface area contributed by atoms with Crippen molar-refractivity contribution in [3.8, 4) is 0 Å². The highest BCUT2D eigenvalue weighted by atomic mass is 16.4. The zero-order valence-corrected chi connectivity index (χ0v) is 18.0. The number of fused-ring (bicyclic) bond motifs is 1. The number of aryl methyl sites for hydroxylation is 1. The van der Waals surface area contributed by atoms with Crippen LogP contribution in [0.4, 0.5) is 0 Å². The quantitative estimate of drug-likeness (QED) is 0.397. The van der Waals surface area contributed by atoms with Gasteiger partial charge in [0.15, 0.2) is 0 Å². The summed E-state index contributed by atoms with van der Waals surface area (Å²) in [5, 5.41) is 14.6. The molecule has 4 rings (SSSR count). The molecule has 0 aliphatic carbocycles. The summed E-state index contributed by atoms with van der Waals surface area (Å²) >= 11 is 0. The standard InChI is InChI=1S/C27H28N2O2/c1-19-12-14-21(15-13-19)18-29-25-11-7-6-10-23(25)24(26(29)27(30)31)17-28-16-20(2)22-8-4-3-5-9-22/h3-15,20,28H,16-18H2,1-2H3,(H,30,31)/t20-/m1/s1. The zero-order valence-electron chi connectivity index (χ0n) is 18.0. The second-order valence-corrected chi connectivity index (χ2v) is 8.16. The zero-order chi connectivity index (χ0) is 21.8. The lowest BCUT2D eigenvalue weighted by Crippen LogP contribution is -2.21. The van der Waals surface area contributed by atoms with Crippen molar-refractivity contribution in [1.82, 2.24) is 9.88 Å². The van der Waals surface area contributed by atoms with Crippen LogP contribution >= 0.6 is 0 Å². The molecule has 0 fully saturated rings. The van der Waals surface area contributed by atoms with Gasteiger partial charge in [-0.3, -0.25) is 0 Å². The number of nitrogens with zero attached hydrogens (tertiary/aromatic N) is 1. The highest BCUT2D eigenvalue weighted by Crippen LogP contribution is 2.28. The first kappa shape index (κ1) is 20.9. The summed E-state index contributed by atoms with van der Waals surface area (Å²) in [6.45, 7) is 6.06. The average Bonchev–Trinajstić information content (AvgIpc) is 3.09. The predicted molar refractivity (Wildman–Crippen MR) is 126 cm³/mol. The maximum atomic E-state index is 12.3.